The van der Waals surface area contributed by atoms with Crippen molar-refractivity contribution in [2.24, 2.45) is 0 Å². The van der Waals surface area contributed by atoms with Crippen LogP contribution in [0.2, 0.25) is 0 Å². The fraction of sp³-hybridized carbons (Fsp3) is 0.318. The van der Waals surface area contributed by atoms with Gasteiger partial charge in [0, 0.05) is 5.56 Å². The van der Waals surface area contributed by atoms with Gasteiger partial charge in [0.2, 0.25) is 0 Å². The van der Waals surface area contributed by atoms with Crippen molar-refractivity contribution in [3.63, 3.8) is 0 Å². The number of piperidine rings is 1. The first-order chi connectivity index (χ1) is 14.3. The Morgan fingerprint density at radius 3 is 2.57 bits per heavy atom. The van der Waals surface area contributed by atoms with Crippen LogP contribution in [-0.4, -0.2) is 41.1 Å². The Balaban J connectivity index is 0.00000256. The summed E-state index contributed by atoms with van der Waals surface area (Å²) >= 11 is 0. The third-order valence-corrected chi connectivity index (χ3v) is 5.28. The summed E-state index contributed by atoms with van der Waals surface area (Å²) in [6.45, 7) is 1.91. The molecule has 4 rings (SSSR count). The van der Waals surface area contributed by atoms with Crippen molar-refractivity contribution in [2.45, 2.75) is 24.9 Å². The van der Waals surface area contributed by atoms with Gasteiger partial charge in [0.05, 0.1) is 25.4 Å². The first-order valence-electron chi connectivity index (χ1n) is 9.87. The van der Waals surface area contributed by atoms with E-state index in [9.17, 15) is 4.79 Å². The Hall–Kier alpha value is -2.90. The molecule has 3 aromatic rings. The van der Waals surface area contributed by atoms with Crippen LogP contribution < -0.4 is 15.4 Å². The predicted octanol–water partition coefficient (Wildman–Crippen LogP) is 3.15. The molecule has 0 radical (unpaired) electrons. The molecule has 1 aliphatic rings. The van der Waals surface area contributed by atoms with E-state index in [0.29, 0.717) is 5.69 Å². The number of carbonyl (C=O) groups is 1. The molecule has 2 heterocycles. The van der Waals surface area contributed by atoms with Crippen molar-refractivity contribution >= 4 is 18.3 Å². The van der Waals surface area contributed by atoms with E-state index in [1.165, 1.54) is 0 Å². The number of aromatic nitrogens is 3. The second-order valence-corrected chi connectivity index (χ2v) is 7.12. The highest BCUT2D eigenvalue weighted by Gasteiger charge is 2.23. The number of ether oxygens (including phenoxy) is 1. The number of hydrogen-bond donors (Lipinski definition) is 2. The van der Waals surface area contributed by atoms with E-state index < -0.39 is 0 Å². The van der Waals surface area contributed by atoms with Crippen molar-refractivity contribution in [2.75, 3.05) is 20.2 Å². The molecule has 1 atom stereocenters. The minimum absolute atomic E-state index is 0. The molecule has 158 valence electrons. The monoisotopic (exact) mass is 427 g/mol. The summed E-state index contributed by atoms with van der Waals surface area (Å²) in [6, 6.07) is 17.5. The van der Waals surface area contributed by atoms with Crippen LogP contribution in [0.25, 0.3) is 0 Å². The van der Waals surface area contributed by atoms with Crippen LogP contribution in [0, 0.1) is 0 Å². The molecule has 8 heteroatoms. The Morgan fingerprint density at radius 2 is 1.83 bits per heavy atom. The van der Waals surface area contributed by atoms with Gasteiger partial charge >= 0.3 is 0 Å². The minimum atomic E-state index is -0.358. The second-order valence-electron chi connectivity index (χ2n) is 7.12. The maximum Gasteiger partial charge on any atom is 0.274 e. The highest BCUT2D eigenvalue weighted by atomic mass is 35.5. The Morgan fingerprint density at radius 1 is 1.13 bits per heavy atom. The summed E-state index contributed by atoms with van der Waals surface area (Å²) < 4.78 is 7.35. The largest absolute Gasteiger partial charge is 0.496 e. The number of halogens is 1. The maximum atomic E-state index is 13.0. The summed E-state index contributed by atoms with van der Waals surface area (Å²) in [5.74, 6) is 0.463. The van der Waals surface area contributed by atoms with Crippen LogP contribution in [0.3, 0.4) is 0 Å². The Kier molecular flexibility index (Phi) is 7.43. The molecule has 1 fully saturated rings. The predicted molar refractivity (Wildman–Crippen MR) is 117 cm³/mol. The van der Waals surface area contributed by atoms with Gasteiger partial charge in [-0.05, 0) is 37.6 Å². The molecule has 1 saturated heterocycles. The SMILES string of the molecule is COc1ccccc1C(NC(=O)c1cn(C2CCNCC2)nn1)c1ccccc1.Cl. The van der Waals surface area contributed by atoms with E-state index in [2.05, 4.69) is 20.9 Å². The molecule has 0 saturated carbocycles. The molecule has 2 N–H and O–H groups in total. The summed E-state index contributed by atoms with van der Waals surface area (Å²) in [6.07, 6.45) is 3.71. The number of methoxy groups -OCH3 is 1. The van der Waals surface area contributed by atoms with Gasteiger partial charge in [0.25, 0.3) is 5.91 Å². The highest BCUT2D eigenvalue weighted by Crippen LogP contribution is 2.30. The van der Waals surface area contributed by atoms with Crippen molar-refractivity contribution in [1.82, 2.24) is 25.6 Å². The summed E-state index contributed by atoms with van der Waals surface area (Å²) in [4.78, 5) is 13.0. The summed E-state index contributed by atoms with van der Waals surface area (Å²) in [7, 11) is 1.63. The van der Waals surface area contributed by atoms with Crippen molar-refractivity contribution in [3.8, 4) is 5.75 Å². The van der Waals surface area contributed by atoms with Gasteiger partial charge in [-0.15, -0.1) is 17.5 Å². The van der Waals surface area contributed by atoms with Crippen molar-refractivity contribution in [3.05, 3.63) is 77.6 Å². The summed E-state index contributed by atoms with van der Waals surface area (Å²) in [5.41, 5.74) is 2.18. The lowest BCUT2D eigenvalue weighted by atomic mass is 9.97. The fourth-order valence-corrected chi connectivity index (χ4v) is 3.73. The first kappa shape index (κ1) is 21.8. The number of nitrogens with zero attached hydrogens (tertiary/aromatic N) is 3. The zero-order valence-electron chi connectivity index (χ0n) is 16.8. The smallest absolute Gasteiger partial charge is 0.274 e. The Labute approximate surface area is 182 Å². The standard InChI is InChI=1S/C22H25N5O2.ClH/c1-29-20-10-6-5-9-18(20)21(16-7-3-2-4-8-16)24-22(28)19-15-27(26-25-19)17-11-13-23-14-12-17;/h2-10,15,17,21,23H,11-14H2,1H3,(H,24,28);1H. The Bertz CT molecular complexity index is 957. The zero-order chi connectivity index (χ0) is 20.1. The molecular formula is C22H26ClN5O2. The molecule has 1 aromatic heterocycles. The maximum absolute atomic E-state index is 13.0. The molecule has 30 heavy (non-hydrogen) atoms. The third-order valence-electron chi connectivity index (χ3n) is 5.28. The van der Waals surface area contributed by atoms with E-state index in [0.717, 1.165) is 42.8 Å². The van der Waals surface area contributed by atoms with Crippen molar-refractivity contribution < 1.29 is 9.53 Å². The number of rotatable bonds is 6. The quantitative estimate of drug-likeness (QED) is 0.631. The third kappa shape index (κ3) is 4.80. The second kappa shape index (κ2) is 10.2. The molecule has 0 spiro atoms. The van der Waals surface area contributed by atoms with Gasteiger partial charge in [0.15, 0.2) is 5.69 Å². The molecular weight excluding hydrogens is 402 g/mol. The molecule has 2 aromatic carbocycles. The molecule has 1 unspecified atom stereocenters. The average Bonchev–Trinajstić information content (AvgIpc) is 3.29. The highest BCUT2D eigenvalue weighted by molar-refractivity contribution is 5.92. The normalized spacial score (nSPS) is 15.1. The average molecular weight is 428 g/mol. The number of para-hydroxylation sites is 1. The van der Waals surface area contributed by atoms with Crippen LogP contribution >= 0.6 is 12.4 Å². The van der Waals surface area contributed by atoms with E-state index in [1.54, 1.807) is 13.3 Å². The molecule has 0 aliphatic carbocycles. The van der Waals surface area contributed by atoms with E-state index in [-0.39, 0.29) is 30.4 Å². The molecule has 0 bridgehead atoms. The van der Waals surface area contributed by atoms with Gasteiger partial charge in [-0.2, -0.15) is 0 Å². The molecule has 1 amide bonds. The fourth-order valence-electron chi connectivity index (χ4n) is 3.73. The van der Waals surface area contributed by atoms with Gasteiger partial charge in [0.1, 0.15) is 5.75 Å². The van der Waals surface area contributed by atoms with Crippen LogP contribution in [0.1, 0.15) is 46.5 Å². The summed E-state index contributed by atoms with van der Waals surface area (Å²) in [5, 5.41) is 14.8. The number of nitrogens with one attached hydrogen (secondary N) is 2. The lowest BCUT2D eigenvalue weighted by molar-refractivity contribution is 0.0937. The lowest BCUT2D eigenvalue weighted by Gasteiger charge is -2.22. The van der Waals surface area contributed by atoms with Crippen LogP contribution in [0.15, 0.2) is 60.8 Å². The number of carbonyl (C=O) groups excluding carboxylic acids is 1. The van der Waals surface area contributed by atoms with Crippen LogP contribution in [-0.2, 0) is 0 Å². The van der Waals surface area contributed by atoms with Crippen LogP contribution in [0.4, 0.5) is 0 Å². The first-order valence-corrected chi connectivity index (χ1v) is 9.87. The number of amides is 1. The lowest BCUT2D eigenvalue weighted by Crippen LogP contribution is -2.30. The van der Waals surface area contributed by atoms with Crippen LogP contribution in [0.5, 0.6) is 5.75 Å². The number of benzene rings is 2. The van der Waals surface area contributed by atoms with Gasteiger partial charge < -0.3 is 15.4 Å². The van der Waals surface area contributed by atoms with E-state index in [1.807, 2.05) is 59.3 Å². The van der Waals surface area contributed by atoms with E-state index >= 15 is 0 Å². The van der Waals surface area contributed by atoms with Gasteiger partial charge in [-0.25, -0.2) is 4.68 Å². The molecule has 1 aliphatic heterocycles. The molecule has 7 nitrogen and oxygen atoms in total. The zero-order valence-corrected chi connectivity index (χ0v) is 17.6. The minimum Gasteiger partial charge on any atom is -0.496 e. The van der Waals surface area contributed by atoms with Crippen molar-refractivity contribution in [1.29, 1.82) is 0 Å². The topological polar surface area (TPSA) is 81.1 Å². The van der Waals surface area contributed by atoms with Gasteiger partial charge in [-0.1, -0.05) is 53.7 Å². The van der Waals surface area contributed by atoms with E-state index in [4.69, 9.17) is 4.74 Å². The number of hydrogen-bond acceptors (Lipinski definition) is 5. The van der Waals surface area contributed by atoms with Gasteiger partial charge in [-0.3, -0.25) is 4.79 Å².